The molecule has 0 aromatic heterocycles. The molecule has 0 heterocycles. The van der Waals surface area contributed by atoms with Gasteiger partial charge in [0.1, 0.15) is 6.54 Å². The number of halogens is 4. The second-order valence-corrected chi connectivity index (χ2v) is 5.43. The van der Waals surface area contributed by atoms with E-state index in [1.807, 2.05) is 6.26 Å². The molecule has 1 aromatic carbocycles. The molecule has 0 aliphatic heterocycles. The van der Waals surface area contributed by atoms with Gasteiger partial charge in [-0.2, -0.15) is 13.2 Å². The second-order valence-electron chi connectivity index (χ2n) is 3.76. The van der Waals surface area contributed by atoms with Gasteiger partial charge in [-0.25, -0.2) is 0 Å². The molecule has 0 aliphatic rings. The molecule has 7 heteroatoms. The molecule has 19 heavy (non-hydrogen) atoms. The van der Waals surface area contributed by atoms with Crippen molar-refractivity contribution >= 4 is 33.6 Å². The van der Waals surface area contributed by atoms with Gasteiger partial charge in [-0.15, -0.1) is 11.8 Å². The minimum atomic E-state index is -4.39. The molecule has 0 saturated heterocycles. The van der Waals surface area contributed by atoms with E-state index in [0.29, 0.717) is 5.33 Å². The van der Waals surface area contributed by atoms with E-state index >= 15 is 0 Å². The van der Waals surface area contributed by atoms with Crippen LogP contribution in [0.1, 0.15) is 10.4 Å². The molecule has 0 spiro atoms. The summed E-state index contributed by atoms with van der Waals surface area (Å²) >= 11 is 4.56. The van der Waals surface area contributed by atoms with Gasteiger partial charge in [0.25, 0.3) is 5.91 Å². The zero-order valence-corrected chi connectivity index (χ0v) is 12.6. The normalized spacial score (nSPS) is 11.4. The number of thioether (sulfide) groups is 1. The SMILES string of the molecule is CSc1ccc(C(=O)N(CCBr)CC(F)(F)F)cc1. The summed E-state index contributed by atoms with van der Waals surface area (Å²) in [6.07, 6.45) is -2.51. The highest BCUT2D eigenvalue weighted by Crippen LogP contribution is 2.20. The van der Waals surface area contributed by atoms with Crippen LogP contribution >= 0.6 is 27.7 Å². The van der Waals surface area contributed by atoms with E-state index in [1.165, 1.54) is 11.8 Å². The first-order valence-electron chi connectivity index (χ1n) is 5.43. The molecule has 0 radical (unpaired) electrons. The predicted octanol–water partition coefficient (Wildman–Crippen LogP) is 3.81. The van der Waals surface area contributed by atoms with Crippen molar-refractivity contribution in [3.8, 4) is 0 Å². The van der Waals surface area contributed by atoms with Crippen molar-refractivity contribution in [2.75, 3.05) is 24.7 Å². The van der Waals surface area contributed by atoms with Gasteiger partial charge >= 0.3 is 6.18 Å². The van der Waals surface area contributed by atoms with Crippen molar-refractivity contribution in [1.82, 2.24) is 4.90 Å². The number of alkyl halides is 4. The lowest BCUT2D eigenvalue weighted by molar-refractivity contribution is -0.140. The number of hydrogen-bond donors (Lipinski definition) is 0. The molecule has 0 bridgehead atoms. The number of hydrogen-bond acceptors (Lipinski definition) is 2. The number of carbonyl (C=O) groups is 1. The molecule has 2 nitrogen and oxygen atoms in total. The molecule has 0 unspecified atom stereocenters. The van der Waals surface area contributed by atoms with Gasteiger partial charge in [-0.3, -0.25) is 4.79 Å². The van der Waals surface area contributed by atoms with Crippen molar-refractivity contribution in [2.45, 2.75) is 11.1 Å². The fourth-order valence-corrected chi connectivity index (χ4v) is 2.32. The molecular weight excluding hydrogens is 343 g/mol. The summed E-state index contributed by atoms with van der Waals surface area (Å²) in [4.78, 5) is 13.8. The zero-order valence-electron chi connectivity index (χ0n) is 10.2. The Kier molecular flexibility index (Phi) is 6.19. The van der Waals surface area contributed by atoms with Crippen LogP contribution in [0.15, 0.2) is 29.2 Å². The average Bonchev–Trinajstić information content (AvgIpc) is 2.36. The maximum atomic E-state index is 12.4. The fourth-order valence-electron chi connectivity index (χ4n) is 1.49. The van der Waals surface area contributed by atoms with Crippen LogP contribution in [0.4, 0.5) is 13.2 Å². The first-order chi connectivity index (χ1) is 8.87. The number of carbonyl (C=O) groups excluding carboxylic acids is 1. The predicted molar refractivity (Wildman–Crippen MR) is 74.0 cm³/mol. The average molecular weight is 356 g/mol. The third-order valence-electron chi connectivity index (χ3n) is 2.35. The van der Waals surface area contributed by atoms with Crippen LogP contribution in [0.3, 0.4) is 0 Å². The van der Waals surface area contributed by atoms with Crippen LogP contribution < -0.4 is 0 Å². The summed E-state index contributed by atoms with van der Waals surface area (Å²) in [7, 11) is 0. The molecule has 0 N–H and O–H groups in total. The summed E-state index contributed by atoms with van der Waals surface area (Å²) in [5, 5.41) is 0.303. The first kappa shape index (κ1) is 16.4. The third-order valence-corrected chi connectivity index (χ3v) is 3.45. The van der Waals surface area contributed by atoms with Crippen LogP contribution in [-0.2, 0) is 0 Å². The quantitative estimate of drug-likeness (QED) is 0.591. The maximum absolute atomic E-state index is 12.4. The lowest BCUT2D eigenvalue weighted by Gasteiger charge is -2.23. The minimum absolute atomic E-state index is 0.0165. The smallest absolute Gasteiger partial charge is 0.329 e. The molecule has 106 valence electrons. The van der Waals surface area contributed by atoms with Crippen LogP contribution in [0, 0.1) is 0 Å². The monoisotopic (exact) mass is 355 g/mol. The van der Waals surface area contributed by atoms with Crippen LogP contribution in [0.25, 0.3) is 0 Å². The Labute approximate surface area is 122 Å². The van der Waals surface area contributed by atoms with Gasteiger partial charge in [0.2, 0.25) is 0 Å². The Morgan fingerprint density at radius 1 is 1.32 bits per heavy atom. The van der Waals surface area contributed by atoms with Crippen molar-refractivity contribution in [1.29, 1.82) is 0 Å². The molecule has 1 amide bonds. The summed E-state index contributed by atoms with van der Waals surface area (Å²) in [6, 6.07) is 6.53. The lowest BCUT2D eigenvalue weighted by atomic mass is 10.2. The van der Waals surface area contributed by atoms with Gasteiger partial charge in [0.05, 0.1) is 0 Å². The van der Waals surface area contributed by atoms with Crippen molar-refractivity contribution < 1.29 is 18.0 Å². The number of amides is 1. The second kappa shape index (κ2) is 7.19. The maximum Gasteiger partial charge on any atom is 0.406 e. The van der Waals surface area contributed by atoms with E-state index in [2.05, 4.69) is 15.9 Å². The third kappa shape index (κ3) is 5.44. The van der Waals surface area contributed by atoms with E-state index in [-0.39, 0.29) is 12.1 Å². The first-order valence-corrected chi connectivity index (χ1v) is 7.78. The minimum Gasteiger partial charge on any atom is -0.329 e. The molecule has 0 fully saturated rings. The van der Waals surface area contributed by atoms with E-state index in [1.54, 1.807) is 24.3 Å². The fraction of sp³-hybridized carbons (Fsp3) is 0.417. The van der Waals surface area contributed by atoms with E-state index in [0.717, 1.165) is 9.80 Å². The van der Waals surface area contributed by atoms with E-state index in [4.69, 9.17) is 0 Å². The molecular formula is C12H13BrF3NOS. The molecule has 1 rings (SSSR count). The van der Waals surface area contributed by atoms with Gasteiger partial charge in [-0.1, -0.05) is 15.9 Å². The Morgan fingerprint density at radius 2 is 1.89 bits per heavy atom. The zero-order chi connectivity index (χ0) is 14.5. The Balaban J connectivity index is 2.85. The molecule has 1 aromatic rings. The summed E-state index contributed by atoms with van der Waals surface area (Å²) in [5.74, 6) is -0.607. The standard InChI is InChI=1S/C12H13BrF3NOS/c1-19-10-4-2-9(3-5-10)11(18)17(7-6-13)8-12(14,15)16/h2-5H,6-8H2,1H3. The summed E-state index contributed by atoms with van der Waals surface area (Å²) < 4.78 is 37.2. The van der Waals surface area contributed by atoms with Crippen molar-refractivity contribution in [3.05, 3.63) is 29.8 Å². The van der Waals surface area contributed by atoms with Crippen molar-refractivity contribution in [2.24, 2.45) is 0 Å². The van der Waals surface area contributed by atoms with Crippen LogP contribution in [0.5, 0.6) is 0 Å². The van der Waals surface area contributed by atoms with Gasteiger partial charge in [0.15, 0.2) is 0 Å². The van der Waals surface area contributed by atoms with Crippen LogP contribution in [-0.4, -0.2) is 41.7 Å². The number of nitrogens with zero attached hydrogens (tertiary/aromatic N) is 1. The highest BCUT2D eigenvalue weighted by molar-refractivity contribution is 9.09. The molecule has 0 aliphatic carbocycles. The Bertz CT molecular complexity index is 422. The largest absolute Gasteiger partial charge is 0.406 e. The van der Waals surface area contributed by atoms with E-state index < -0.39 is 18.6 Å². The summed E-state index contributed by atoms with van der Waals surface area (Å²) in [5.41, 5.74) is 0.267. The lowest BCUT2D eigenvalue weighted by Crippen LogP contribution is -2.40. The van der Waals surface area contributed by atoms with Crippen LogP contribution in [0.2, 0.25) is 0 Å². The Morgan fingerprint density at radius 3 is 2.32 bits per heavy atom. The highest BCUT2D eigenvalue weighted by Gasteiger charge is 2.33. The highest BCUT2D eigenvalue weighted by atomic mass is 79.9. The van der Waals surface area contributed by atoms with Crippen molar-refractivity contribution in [3.63, 3.8) is 0 Å². The Hall–Kier alpha value is -0.690. The molecule has 0 atom stereocenters. The number of rotatable bonds is 5. The van der Waals surface area contributed by atoms with Gasteiger partial charge in [0, 0.05) is 22.3 Å². The van der Waals surface area contributed by atoms with Gasteiger partial charge < -0.3 is 4.90 Å². The number of benzene rings is 1. The topological polar surface area (TPSA) is 20.3 Å². The summed E-state index contributed by atoms with van der Waals surface area (Å²) in [6.45, 7) is -1.22. The molecule has 0 saturated carbocycles. The van der Waals surface area contributed by atoms with E-state index in [9.17, 15) is 18.0 Å². The van der Waals surface area contributed by atoms with Gasteiger partial charge in [-0.05, 0) is 30.5 Å².